The van der Waals surface area contributed by atoms with Crippen molar-refractivity contribution in [3.8, 4) is 0 Å². The number of nitrogens with one attached hydrogen (secondary N) is 1. The van der Waals surface area contributed by atoms with Gasteiger partial charge in [-0.05, 0) is 44.2 Å². The van der Waals surface area contributed by atoms with Crippen molar-refractivity contribution in [2.75, 3.05) is 6.54 Å². The SMILES string of the molecule is C=C(CC)CC(CCc1ccccc1)NCCC. The quantitative estimate of drug-likeness (QED) is 0.638. The fourth-order valence-corrected chi connectivity index (χ4v) is 2.10. The molecule has 0 aliphatic rings. The first kappa shape index (κ1) is 15.0. The fraction of sp³-hybridized carbons (Fsp3) is 0.529. The van der Waals surface area contributed by atoms with Crippen LogP contribution in [0.5, 0.6) is 0 Å². The maximum Gasteiger partial charge on any atom is 0.0107 e. The van der Waals surface area contributed by atoms with Crippen LogP contribution in [0.4, 0.5) is 0 Å². The number of rotatable bonds is 9. The second-order valence-corrected chi connectivity index (χ2v) is 4.98. The van der Waals surface area contributed by atoms with Crippen LogP contribution < -0.4 is 5.32 Å². The van der Waals surface area contributed by atoms with Crippen molar-refractivity contribution >= 4 is 0 Å². The van der Waals surface area contributed by atoms with Crippen LogP contribution in [0.3, 0.4) is 0 Å². The van der Waals surface area contributed by atoms with E-state index >= 15 is 0 Å². The summed E-state index contributed by atoms with van der Waals surface area (Å²) in [6, 6.07) is 11.3. The Labute approximate surface area is 112 Å². The molecule has 0 bridgehead atoms. The minimum absolute atomic E-state index is 0.581. The molecule has 1 unspecified atom stereocenters. The van der Waals surface area contributed by atoms with Gasteiger partial charge in [0.25, 0.3) is 0 Å². The van der Waals surface area contributed by atoms with E-state index in [2.05, 4.69) is 56.1 Å². The Kier molecular flexibility index (Phi) is 7.43. The molecular weight excluding hydrogens is 218 g/mol. The summed E-state index contributed by atoms with van der Waals surface area (Å²) < 4.78 is 0. The molecule has 1 N–H and O–H groups in total. The van der Waals surface area contributed by atoms with E-state index < -0.39 is 0 Å². The van der Waals surface area contributed by atoms with Gasteiger partial charge in [-0.3, -0.25) is 0 Å². The monoisotopic (exact) mass is 245 g/mol. The summed E-state index contributed by atoms with van der Waals surface area (Å²) >= 11 is 0. The van der Waals surface area contributed by atoms with Crippen molar-refractivity contribution < 1.29 is 0 Å². The van der Waals surface area contributed by atoms with Gasteiger partial charge in [0.2, 0.25) is 0 Å². The maximum absolute atomic E-state index is 4.14. The molecule has 0 radical (unpaired) electrons. The molecule has 0 aliphatic heterocycles. The van der Waals surface area contributed by atoms with Crippen LogP contribution in [0.2, 0.25) is 0 Å². The van der Waals surface area contributed by atoms with Gasteiger partial charge in [0.05, 0.1) is 0 Å². The van der Waals surface area contributed by atoms with Crippen molar-refractivity contribution in [1.82, 2.24) is 5.32 Å². The van der Waals surface area contributed by atoms with Gasteiger partial charge >= 0.3 is 0 Å². The Morgan fingerprint density at radius 3 is 2.56 bits per heavy atom. The Hall–Kier alpha value is -1.08. The average molecular weight is 245 g/mol. The molecule has 0 spiro atoms. The van der Waals surface area contributed by atoms with Crippen molar-refractivity contribution in [2.45, 2.75) is 52.0 Å². The highest BCUT2D eigenvalue weighted by molar-refractivity contribution is 5.15. The molecule has 0 fully saturated rings. The second-order valence-electron chi connectivity index (χ2n) is 4.98. The van der Waals surface area contributed by atoms with Crippen LogP contribution in [0.15, 0.2) is 42.5 Å². The van der Waals surface area contributed by atoms with Crippen molar-refractivity contribution in [3.05, 3.63) is 48.0 Å². The second kappa shape index (κ2) is 8.93. The zero-order valence-electron chi connectivity index (χ0n) is 11.9. The molecule has 0 heterocycles. The Bertz CT molecular complexity index is 329. The van der Waals surface area contributed by atoms with Crippen LogP contribution in [0.1, 0.15) is 45.1 Å². The van der Waals surface area contributed by atoms with Gasteiger partial charge in [0.15, 0.2) is 0 Å². The molecule has 1 nitrogen and oxygen atoms in total. The Morgan fingerprint density at radius 1 is 1.22 bits per heavy atom. The number of aryl methyl sites for hydroxylation is 1. The summed E-state index contributed by atoms with van der Waals surface area (Å²) in [4.78, 5) is 0. The van der Waals surface area contributed by atoms with E-state index in [9.17, 15) is 0 Å². The van der Waals surface area contributed by atoms with E-state index in [1.165, 1.54) is 24.0 Å². The largest absolute Gasteiger partial charge is 0.314 e. The lowest BCUT2D eigenvalue weighted by atomic mass is 9.98. The van der Waals surface area contributed by atoms with Crippen LogP contribution in [-0.2, 0) is 6.42 Å². The molecule has 1 atom stereocenters. The number of hydrogen-bond acceptors (Lipinski definition) is 1. The first-order valence-electron chi connectivity index (χ1n) is 7.20. The molecule has 0 aliphatic carbocycles. The lowest BCUT2D eigenvalue weighted by Gasteiger charge is -2.19. The highest BCUT2D eigenvalue weighted by Crippen LogP contribution is 2.13. The minimum Gasteiger partial charge on any atom is -0.314 e. The van der Waals surface area contributed by atoms with Gasteiger partial charge in [-0.15, -0.1) is 0 Å². The van der Waals surface area contributed by atoms with Gasteiger partial charge in [0.1, 0.15) is 0 Å². The van der Waals surface area contributed by atoms with E-state index in [0.717, 1.165) is 25.8 Å². The summed E-state index contributed by atoms with van der Waals surface area (Å²) in [5.41, 5.74) is 2.79. The van der Waals surface area contributed by atoms with Crippen molar-refractivity contribution in [1.29, 1.82) is 0 Å². The van der Waals surface area contributed by atoms with Crippen LogP contribution in [0.25, 0.3) is 0 Å². The summed E-state index contributed by atoms with van der Waals surface area (Å²) in [6.45, 7) is 9.65. The molecule has 0 saturated carbocycles. The summed E-state index contributed by atoms with van der Waals surface area (Å²) in [7, 11) is 0. The summed E-state index contributed by atoms with van der Waals surface area (Å²) in [6.07, 6.45) is 5.75. The molecule has 0 aromatic heterocycles. The van der Waals surface area contributed by atoms with Gasteiger partial charge in [-0.1, -0.05) is 56.3 Å². The average Bonchev–Trinajstić information content (AvgIpc) is 2.42. The maximum atomic E-state index is 4.14. The zero-order chi connectivity index (χ0) is 13.2. The minimum atomic E-state index is 0.581. The summed E-state index contributed by atoms with van der Waals surface area (Å²) in [5.74, 6) is 0. The van der Waals surface area contributed by atoms with Gasteiger partial charge < -0.3 is 5.32 Å². The molecular formula is C17H27N. The van der Waals surface area contributed by atoms with E-state index in [4.69, 9.17) is 0 Å². The third kappa shape index (κ3) is 6.02. The molecule has 1 aromatic carbocycles. The lowest BCUT2D eigenvalue weighted by Crippen LogP contribution is -2.30. The third-order valence-electron chi connectivity index (χ3n) is 3.34. The standard InChI is InChI=1S/C17H27N/c1-4-13-18-17(14-15(3)5-2)12-11-16-9-7-6-8-10-16/h6-10,17-18H,3-5,11-14H2,1-2H3. The third-order valence-corrected chi connectivity index (χ3v) is 3.34. The van der Waals surface area contributed by atoms with Gasteiger partial charge in [0, 0.05) is 6.04 Å². The van der Waals surface area contributed by atoms with Crippen LogP contribution >= 0.6 is 0 Å². The zero-order valence-corrected chi connectivity index (χ0v) is 11.9. The predicted molar refractivity (Wildman–Crippen MR) is 80.9 cm³/mol. The molecule has 1 aromatic rings. The molecule has 18 heavy (non-hydrogen) atoms. The van der Waals surface area contributed by atoms with Crippen LogP contribution in [-0.4, -0.2) is 12.6 Å². The van der Waals surface area contributed by atoms with Crippen molar-refractivity contribution in [3.63, 3.8) is 0 Å². The predicted octanol–water partition coefficient (Wildman–Crippen LogP) is 4.34. The van der Waals surface area contributed by atoms with Gasteiger partial charge in [-0.25, -0.2) is 0 Å². The molecule has 1 rings (SSSR count). The highest BCUT2D eigenvalue weighted by atomic mass is 14.9. The summed E-state index contributed by atoms with van der Waals surface area (Å²) in [5, 5.41) is 3.64. The van der Waals surface area contributed by atoms with Gasteiger partial charge in [-0.2, -0.15) is 0 Å². The smallest absolute Gasteiger partial charge is 0.0107 e. The van der Waals surface area contributed by atoms with E-state index in [0.29, 0.717) is 6.04 Å². The fourth-order valence-electron chi connectivity index (χ4n) is 2.10. The molecule has 100 valence electrons. The molecule has 0 amide bonds. The highest BCUT2D eigenvalue weighted by Gasteiger charge is 2.08. The topological polar surface area (TPSA) is 12.0 Å². The van der Waals surface area contributed by atoms with E-state index in [1.54, 1.807) is 0 Å². The first-order valence-corrected chi connectivity index (χ1v) is 7.20. The Balaban J connectivity index is 2.42. The number of hydrogen-bond donors (Lipinski definition) is 1. The Morgan fingerprint density at radius 2 is 1.94 bits per heavy atom. The number of benzene rings is 1. The van der Waals surface area contributed by atoms with E-state index in [-0.39, 0.29) is 0 Å². The molecule has 0 saturated heterocycles. The van der Waals surface area contributed by atoms with E-state index in [1.807, 2.05) is 0 Å². The molecule has 1 heteroatoms. The normalized spacial score (nSPS) is 12.3. The first-order chi connectivity index (χ1) is 8.76. The van der Waals surface area contributed by atoms with Crippen LogP contribution in [0, 0.1) is 0 Å². The van der Waals surface area contributed by atoms with Crippen molar-refractivity contribution in [2.24, 2.45) is 0 Å². The lowest BCUT2D eigenvalue weighted by molar-refractivity contribution is 0.473.